The number of benzene rings is 1. The Bertz CT molecular complexity index is 877. The number of hydrogen-bond acceptors (Lipinski definition) is 6. The number of urea groups is 1. The highest BCUT2D eigenvalue weighted by Gasteiger charge is 2.49. The number of hydrogen-bond donors (Lipinski definition) is 2. The molecule has 0 radical (unpaired) electrons. The number of ether oxygens (including phenoxy) is 2. The number of nitrogens with one attached hydrogen (secondary N) is 2. The van der Waals surface area contributed by atoms with Gasteiger partial charge in [-0.05, 0) is 37.5 Å². The van der Waals surface area contributed by atoms with Crippen molar-refractivity contribution in [1.29, 1.82) is 0 Å². The van der Waals surface area contributed by atoms with E-state index in [9.17, 15) is 14.4 Å². The molecule has 0 spiro atoms. The van der Waals surface area contributed by atoms with Gasteiger partial charge < -0.3 is 20.1 Å². The van der Waals surface area contributed by atoms with Gasteiger partial charge in [0.15, 0.2) is 0 Å². The molecule has 2 aliphatic heterocycles. The van der Waals surface area contributed by atoms with Crippen LogP contribution in [0.2, 0.25) is 0 Å². The lowest BCUT2D eigenvalue weighted by molar-refractivity contribution is -0.135. The summed E-state index contributed by atoms with van der Waals surface area (Å²) >= 11 is 0. The number of carbonyl (C=O) groups is 3. The fraction of sp³-hybridized carbons (Fsp3) is 0.625. The number of methoxy groups -OCH3 is 1. The summed E-state index contributed by atoms with van der Waals surface area (Å²) < 4.78 is 10.7. The van der Waals surface area contributed by atoms with Crippen LogP contribution in [0.1, 0.15) is 44.6 Å². The summed E-state index contributed by atoms with van der Waals surface area (Å²) in [6, 6.07) is 6.41. The van der Waals surface area contributed by atoms with Crippen molar-refractivity contribution in [2.24, 2.45) is 0 Å². The maximum absolute atomic E-state index is 13.2. The first-order valence-corrected chi connectivity index (χ1v) is 11.8. The summed E-state index contributed by atoms with van der Waals surface area (Å²) in [7, 11) is 1.57. The highest BCUT2D eigenvalue weighted by molar-refractivity contribution is 6.09. The van der Waals surface area contributed by atoms with E-state index in [0.717, 1.165) is 43.7 Å². The minimum absolute atomic E-state index is 0.0768. The molecule has 0 aromatic heterocycles. The second-order valence-corrected chi connectivity index (χ2v) is 9.34. The number of nitrogens with zero attached hydrogens (tertiary/aromatic N) is 2. The van der Waals surface area contributed by atoms with Crippen molar-refractivity contribution in [1.82, 2.24) is 20.4 Å². The monoisotopic (exact) mass is 458 g/mol. The molecule has 9 nitrogen and oxygen atoms in total. The molecule has 1 saturated carbocycles. The van der Waals surface area contributed by atoms with Crippen molar-refractivity contribution < 1.29 is 23.9 Å². The van der Waals surface area contributed by atoms with Gasteiger partial charge in [0.25, 0.3) is 5.91 Å². The highest BCUT2D eigenvalue weighted by Crippen LogP contribution is 2.34. The molecule has 1 aromatic rings. The average Bonchev–Trinajstić information content (AvgIpc) is 3.07. The second kappa shape index (κ2) is 9.69. The quantitative estimate of drug-likeness (QED) is 0.603. The van der Waals surface area contributed by atoms with Crippen LogP contribution >= 0.6 is 0 Å². The number of carbonyl (C=O) groups excluding carboxylic acids is 3. The fourth-order valence-corrected chi connectivity index (χ4v) is 5.28. The van der Waals surface area contributed by atoms with Gasteiger partial charge in [-0.2, -0.15) is 0 Å². The molecule has 180 valence electrons. The molecule has 1 unspecified atom stereocenters. The summed E-state index contributed by atoms with van der Waals surface area (Å²) in [5.41, 5.74) is -0.660. The van der Waals surface area contributed by atoms with Crippen LogP contribution in [0.4, 0.5) is 4.79 Å². The Morgan fingerprint density at radius 2 is 1.79 bits per heavy atom. The lowest BCUT2D eigenvalue weighted by atomic mass is 9.79. The van der Waals surface area contributed by atoms with E-state index < -0.39 is 17.5 Å². The summed E-state index contributed by atoms with van der Waals surface area (Å²) in [5.74, 6) is -0.101. The van der Waals surface area contributed by atoms with Crippen molar-refractivity contribution in [3.05, 3.63) is 29.8 Å². The van der Waals surface area contributed by atoms with E-state index in [2.05, 4.69) is 15.5 Å². The lowest BCUT2D eigenvalue weighted by Gasteiger charge is -2.48. The van der Waals surface area contributed by atoms with Gasteiger partial charge in [-0.25, -0.2) is 4.79 Å². The molecular weight excluding hydrogens is 424 g/mol. The molecule has 2 heterocycles. The largest absolute Gasteiger partial charge is 0.497 e. The van der Waals surface area contributed by atoms with Crippen LogP contribution in [0.15, 0.2) is 24.3 Å². The van der Waals surface area contributed by atoms with E-state index >= 15 is 0 Å². The molecule has 1 aromatic carbocycles. The number of amides is 4. The van der Waals surface area contributed by atoms with Gasteiger partial charge in [0.2, 0.25) is 5.91 Å². The van der Waals surface area contributed by atoms with Gasteiger partial charge in [-0.3, -0.25) is 19.4 Å². The van der Waals surface area contributed by atoms with Crippen LogP contribution in [0.5, 0.6) is 5.75 Å². The zero-order chi connectivity index (χ0) is 23.5. The zero-order valence-electron chi connectivity index (χ0n) is 19.5. The second-order valence-electron chi connectivity index (χ2n) is 9.34. The van der Waals surface area contributed by atoms with Gasteiger partial charge in [0, 0.05) is 25.2 Å². The number of rotatable bonds is 7. The predicted octanol–water partition coefficient (Wildman–Crippen LogP) is 1.61. The zero-order valence-corrected chi connectivity index (χ0v) is 19.5. The summed E-state index contributed by atoms with van der Waals surface area (Å²) in [5, 5.41) is 5.78. The molecule has 2 saturated heterocycles. The lowest BCUT2D eigenvalue weighted by Crippen LogP contribution is -2.60. The topological polar surface area (TPSA) is 100 Å². The Morgan fingerprint density at radius 3 is 2.42 bits per heavy atom. The van der Waals surface area contributed by atoms with Gasteiger partial charge in [0.05, 0.1) is 20.3 Å². The first kappa shape index (κ1) is 23.5. The van der Waals surface area contributed by atoms with Crippen molar-refractivity contribution in [2.45, 2.75) is 50.1 Å². The van der Waals surface area contributed by atoms with Crippen LogP contribution in [-0.4, -0.2) is 79.7 Å². The van der Waals surface area contributed by atoms with E-state index in [1.54, 1.807) is 38.3 Å². The van der Waals surface area contributed by atoms with Crippen LogP contribution in [-0.2, 0) is 19.9 Å². The molecule has 4 amide bonds. The van der Waals surface area contributed by atoms with Gasteiger partial charge >= 0.3 is 6.03 Å². The molecule has 9 heteroatoms. The number of morpholine rings is 1. The maximum atomic E-state index is 13.2. The minimum atomic E-state index is -1.22. The molecule has 3 aliphatic rings. The normalized spacial score (nSPS) is 25.6. The van der Waals surface area contributed by atoms with E-state index in [1.165, 1.54) is 6.42 Å². The summed E-state index contributed by atoms with van der Waals surface area (Å²) in [6.45, 7) is 5.03. The molecule has 3 fully saturated rings. The highest BCUT2D eigenvalue weighted by atomic mass is 16.5. The van der Waals surface area contributed by atoms with E-state index in [4.69, 9.17) is 9.47 Å². The molecule has 2 N–H and O–H groups in total. The van der Waals surface area contributed by atoms with Gasteiger partial charge in [-0.15, -0.1) is 0 Å². The van der Waals surface area contributed by atoms with Crippen LogP contribution < -0.4 is 15.4 Å². The summed E-state index contributed by atoms with van der Waals surface area (Å²) in [6.07, 6.45) is 5.56. The Morgan fingerprint density at radius 1 is 1.12 bits per heavy atom. The SMILES string of the molecule is COc1ccc(C2(C)NC(=O)N(CC(=O)NCC3(N4CCOCC4)CCCCC3)C2=O)cc1. The Balaban J connectivity index is 1.40. The first-order chi connectivity index (χ1) is 15.9. The van der Waals surface area contributed by atoms with Gasteiger partial charge in [-0.1, -0.05) is 31.4 Å². The molecular formula is C24H34N4O5. The van der Waals surface area contributed by atoms with E-state index in [1.807, 2.05) is 0 Å². The molecule has 33 heavy (non-hydrogen) atoms. The van der Waals surface area contributed by atoms with Crippen molar-refractivity contribution >= 4 is 17.8 Å². The third-order valence-electron chi connectivity index (χ3n) is 7.32. The minimum Gasteiger partial charge on any atom is -0.497 e. The Kier molecular flexibility index (Phi) is 6.90. The number of imide groups is 1. The average molecular weight is 459 g/mol. The predicted molar refractivity (Wildman–Crippen MR) is 122 cm³/mol. The molecule has 4 rings (SSSR count). The third kappa shape index (κ3) is 4.70. The molecule has 1 aliphatic carbocycles. The fourth-order valence-electron chi connectivity index (χ4n) is 5.28. The Labute approximate surface area is 194 Å². The standard InChI is InChI=1S/C24H34N4O5/c1-23(18-6-8-19(32-2)9-7-18)21(30)28(22(31)26-23)16-20(29)25-17-24(10-4-3-5-11-24)27-12-14-33-15-13-27/h6-9H,3-5,10-17H2,1-2H3,(H,25,29)(H,26,31). The van der Waals surface area contributed by atoms with E-state index in [0.29, 0.717) is 31.1 Å². The van der Waals surface area contributed by atoms with Crippen LogP contribution in [0, 0.1) is 0 Å². The van der Waals surface area contributed by atoms with Crippen LogP contribution in [0.25, 0.3) is 0 Å². The third-order valence-corrected chi connectivity index (χ3v) is 7.32. The maximum Gasteiger partial charge on any atom is 0.325 e. The Hall–Kier alpha value is -2.65. The first-order valence-electron chi connectivity index (χ1n) is 11.8. The van der Waals surface area contributed by atoms with E-state index in [-0.39, 0.29) is 18.0 Å². The van der Waals surface area contributed by atoms with Crippen LogP contribution in [0.3, 0.4) is 0 Å². The van der Waals surface area contributed by atoms with Gasteiger partial charge in [0.1, 0.15) is 17.8 Å². The molecule has 1 atom stereocenters. The van der Waals surface area contributed by atoms with Crippen molar-refractivity contribution in [2.75, 3.05) is 46.5 Å². The molecule has 0 bridgehead atoms. The summed E-state index contributed by atoms with van der Waals surface area (Å²) in [4.78, 5) is 42.1. The smallest absolute Gasteiger partial charge is 0.325 e. The van der Waals surface area contributed by atoms with Crippen molar-refractivity contribution in [3.63, 3.8) is 0 Å². The van der Waals surface area contributed by atoms with Crippen molar-refractivity contribution in [3.8, 4) is 5.75 Å².